The topological polar surface area (TPSA) is 24.3 Å². The summed E-state index contributed by atoms with van der Waals surface area (Å²) in [5, 5.41) is 0.711. The normalized spacial score (nSPS) is 15.8. The Bertz CT molecular complexity index is 993. The smallest absolute Gasteiger partial charge is 0.369 e. The van der Waals surface area contributed by atoms with Crippen LogP contribution in [0.4, 0.5) is 18.9 Å². The number of piperazine rings is 1. The predicted molar refractivity (Wildman–Crippen MR) is 114 cm³/mol. The molecule has 2 heterocycles. The van der Waals surface area contributed by atoms with Crippen LogP contribution in [0.1, 0.15) is 18.4 Å². The molecule has 160 valence electrons. The highest BCUT2D eigenvalue weighted by molar-refractivity contribution is 6.31. The number of alkyl halides is 3. The zero-order valence-electron chi connectivity index (χ0n) is 16.6. The van der Waals surface area contributed by atoms with E-state index >= 15 is 0 Å². The van der Waals surface area contributed by atoms with Crippen molar-refractivity contribution in [3.8, 4) is 0 Å². The molecule has 4 nitrogen and oxygen atoms in total. The number of anilines is 1. The van der Waals surface area contributed by atoms with Gasteiger partial charge in [-0.15, -0.1) is 0 Å². The lowest BCUT2D eigenvalue weighted by atomic mass is 10.1. The van der Waals surface area contributed by atoms with Crippen LogP contribution >= 0.6 is 11.6 Å². The Morgan fingerprint density at radius 3 is 2.47 bits per heavy atom. The predicted octanol–water partition coefficient (Wildman–Crippen LogP) is 5.31. The van der Waals surface area contributed by atoms with Crippen LogP contribution in [0, 0.1) is 0 Å². The third-order valence-corrected chi connectivity index (χ3v) is 5.85. The van der Waals surface area contributed by atoms with Crippen LogP contribution in [0.25, 0.3) is 11.0 Å². The summed E-state index contributed by atoms with van der Waals surface area (Å²) in [6, 6.07) is 11.3. The van der Waals surface area contributed by atoms with Gasteiger partial charge in [-0.25, -0.2) is 4.98 Å². The summed E-state index contributed by atoms with van der Waals surface area (Å²) >= 11 is 6.09. The summed E-state index contributed by atoms with van der Waals surface area (Å²) in [5.74, 6) is 0. The Morgan fingerprint density at radius 1 is 0.933 bits per heavy atom. The molecule has 1 aliphatic heterocycles. The van der Waals surface area contributed by atoms with E-state index in [0.717, 1.165) is 69.2 Å². The third kappa shape index (κ3) is 4.90. The fourth-order valence-electron chi connectivity index (χ4n) is 3.93. The van der Waals surface area contributed by atoms with Gasteiger partial charge in [0.2, 0.25) is 0 Å². The van der Waals surface area contributed by atoms with E-state index in [2.05, 4.69) is 14.5 Å². The second-order valence-electron chi connectivity index (χ2n) is 7.65. The maximum Gasteiger partial charge on any atom is 0.416 e. The molecule has 4 rings (SSSR count). The highest BCUT2D eigenvalue weighted by Gasteiger charge is 2.31. The van der Waals surface area contributed by atoms with Gasteiger partial charge in [-0.2, -0.15) is 13.2 Å². The molecule has 0 unspecified atom stereocenters. The number of hydrogen-bond donors (Lipinski definition) is 0. The van der Waals surface area contributed by atoms with Crippen LogP contribution in [-0.2, 0) is 12.7 Å². The molecular formula is C22H24ClF3N4. The van der Waals surface area contributed by atoms with Crippen molar-refractivity contribution in [2.24, 2.45) is 0 Å². The second kappa shape index (κ2) is 8.86. The number of imidazole rings is 1. The lowest BCUT2D eigenvalue weighted by molar-refractivity contribution is -0.137. The Labute approximate surface area is 178 Å². The highest BCUT2D eigenvalue weighted by Crippen LogP contribution is 2.31. The maximum atomic E-state index is 12.9. The zero-order valence-corrected chi connectivity index (χ0v) is 17.3. The van der Waals surface area contributed by atoms with Gasteiger partial charge in [0.25, 0.3) is 0 Å². The molecule has 1 aliphatic rings. The minimum atomic E-state index is -4.30. The standard InChI is InChI=1S/C22H24ClF3N4/c23-18-6-7-20-21(15-18)30(16-27-20)9-2-1-8-28-10-12-29(13-11-28)19-5-3-4-17(14-19)22(24,25)26/h3-7,14-16H,1-2,8-13H2. The summed E-state index contributed by atoms with van der Waals surface area (Å²) < 4.78 is 40.9. The van der Waals surface area contributed by atoms with E-state index in [1.165, 1.54) is 12.1 Å². The largest absolute Gasteiger partial charge is 0.416 e. The number of unbranched alkanes of at least 4 members (excludes halogenated alkanes) is 1. The first-order valence-corrected chi connectivity index (χ1v) is 10.5. The second-order valence-corrected chi connectivity index (χ2v) is 8.09. The molecule has 0 aliphatic carbocycles. The lowest BCUT2D eigenvalue weighted by Crippen LogP contribution is -2.46. The van der Waals surface area contributed by atoms with E-state index in [4.69, 9.17) is 11.6 Å². The average molecular weight is 437 g/mol. The van der Waals surface area contributed by atoms with Crippen LogP contribution in [-0.4, -0.2) is 47.2 Å². The first-order valence-electron chi connectivity index (χ1n) is 10.1. The molecule has 3 aromatic rings. The molecule has 0 amide bonds. The third-order valence-electron chi connectivity index (χ3n) is 5.62. The van der Waals surface area contributed by atoms with Crippen molar-refractivity contribution < 1.29 is 13.2 Å². The molecule has 1 fully saturated rings. The summed E-state index contributed by atoms with van der Waals surface area (Å²) in [5.41, 5.74) is 2.06. The van der Waals surface area contributed by atoms with Crippen LogP contribution in [0.2, 0.25) is 5.02 Å². The van der Waals surface area contributed by atoms with Crippen molar-refractivity contribution in [3.05, 3.63) is 59.4 Å². The molecule has 1 saturated heterocycles. The molecule has 30 heavy (non-hydrogen) atoms. The van der Waals surface area contributed by atoms with E-state index in [9.17, 15) is 13.2 Å². The highest BCUT2D eigenvalue weighted by atomic mass is 35.5. The molecule has 0 N–H and O–H groups in total. The molecule has 0 radical (unpaired) electrons. The maximum absolute atomic E-state index is 12.9. The number of hydrogen-bond acceptors (Lipinski definition) is 3. The van der Waals surface area contributed by atoms with Crippen LogP contribution in [0.15, 0.2) is 48.8 Å². The molecule has 1 aromatic heterocycles. The molecule has 0 saturated carbocycles. The monoisotopic (exact) mass is 436 g/mol. The fourth-order valence-corrected chi connectivity index (χ4v) is 4.10. The van der Waals surface area contributed by atoms with Gasteiger partial charge < -0.3 is 9.47 Å². The van der Waals surface area contributed by atoms with E-state index < -0.39 is 11.7 Å². The zero-order chi connectivity index (χ0) is 21.1. The van der Waals surface area contributed by atoms with E-state index in [-0.39, 0.29) is 0 Å². The summed E-state index contributed by atoms with van der Waals surface area (Å²) in [6.45, 7) is 5.09. The first kappa shape index (κ1) is 21.0. The minimum absolute atomic E-state index is 0.587. The molecular weight excluding hydrogens is 413 g/mol. The van der Waals surface area contributed by atoms with Crippen LogP contribution < -0.4 is 4.90 Å². The Hall–Kier alpha value is -2.25. The van der Waals surface area contributed by atoms with Crippen molar-refractivity contribution in [2.45, 2.75) is 25.6 Å². The molecule has 0 atom stereocenters. The van der Waals surface area contributed by atoms with E-state index in [0.29, 0.717) is 10.7 Å². The van der Waals surface area contributed by atoms with Gasteiger partial charge in [0.1, 0.15) is 0 Å². The van der Waals surface area contributed by atoms with Crippen molar-refractivity contribution in [1.82, 2.24) is 14.5 Å². The van der Waals surface area contributed by atoms with Crippen LogP contribution in [0.3, 0.4) is 0 Å². The number of rotatable bonds is 6. The number of nitrogens with zero attached hydrogens (tertiary/aromatic N) is 4. The van der Waals surface area contributed by atoms with E-state index in [1.807, 2.05) is 29.4 Å². The molecule has 0 bridgehead atoms. The Kier molecular flexibility index (Phi) is 6.20. The van der Waals surface area contributed by atoms with E-state index in [1.54, 1.807) is 6.07 Å². The number of halogens is 4. The quantitative estimate of drug-likeness (QED) is 0.489. The molecule has 8 heteroatoms. The van der Waals surface area contributed by atoms with Gasteiger partial charge in [-0.05, 0) is 55.8 Å². The minimum Gasteiger partial charge on any atom is -0.369 e. The van der Waals surface area contributed by atoms with Gasteiger partial charge in [0.15, 0.2) is 0 Å². The van der Waals surface area contributed by atoms with Gasteiger partial charge >= 0.3 is 6.18 Å². The van der Waals surface area contributed by atoms with Crippen molar-refractivity contribution >= 4 is 28.3 Å². The lowest BCUT2D eigenvalue weighted by Gasteiger charge is -2.36. The average Bonchev–Trinajstić information content (AvgIpc) is 3.13. The first-order chi connectivity index (χ1) is 14.4. The van der Waals surface area contributed by atoms with Gasteiger partial charge in [-0.3, -0.25) is 4.90 Å². The summed E-state index contributed by atoms with van der Waals surface area (Å²) in [7, 11) is 0. The Morgan fingerprint density at radius 2 is 1.70 bits per heavy atom. The SMILES string of the molecule is FC(F)(F)c1cccc(N2CCN(CCCCn3cnc4ccc(Cl)cc43)CC2)c1. The van der Waals surface area contributed by atoms with Gasteiger partial charge in [0, 0.05) is 43.4 Å². The van der Waals surface area contributed by atoms with Crippen molar-refractivity contribution in [3.63, 3.8) is 0 Å². The number of benzene rings is 2. The van der Waals surface area contributed by atoms with Crippen molar-refractivity contribution in [1.29, 1.82) is 0 Å². The van der Waals surface area contributed by atoms with Gasteiger partial charge in [-0.1, -0.05) is 17.7 Å². The number of fused-ring (bicyclic) bond motifs is 1. The molecule has 0 spiro atoms. The fraction of sp³-hybridized carbons (Fsp3) is 0.409. The summed E-state index contributed by atoms with van der Waals surface area (Å²) in [4.78, 5) is 8.82. The molecule has 2 aromatic carbocycles. The van der Waals surface area contributed by atoms with Crippen molar-refractivity contribution in [2.75, 3.05) is 37.6 Å². The van der Waals surface area contributed by atoms with Gasteiger partial charge in [0.05, 0.1) is 22.9 Å². The summed E-state index contributed by atoms with van der Waals surface area (Å²) in [6.07, 6.45) is -0.353. The number of aromatic nitrogens is 2. The Balaban J connectivity index is 1.23. The van der Waals surface area contributed by atoms with Crippen LogP contribution in [0.5, 0.6) is 0 Å². The number of aryl methyl sites for hydroxylation is 1.